The molecule has 2 aromatic carbocycles. The summed E-state index contributed by atoms with van der Waals surface area (Å²) in [7, 11) is 0. The predicted molar refractivity (Wildman–Crippen MR) is 95.5 cm³/mol. The van der Waals surface area contributed by atoms with Crippen LogP contribution in [0.1, 0.15) is 45.1 Å². The SMILES string of the molecule is C[C@@H](N)c1ccc(NC(=O)c2[nH]cnc2C(=O)c2ccccc2)cc1. The van der Waals surface area contributed by atoms with Crippen LogP contribution < -0.4 is 11.1 Å². The molecule has 0 saturated carbocycles. The molecule has 25 heavy (non-hydrogen) atoms. The van der Waals surface area contributed by atoms with Gasteiger partial charge in [-0.1, -0.05) is 42.5 Å². The molecule has 1 aromatic heterocycles. The van der Waals surface area contributed by atoms with E-state index in [0.29, 0.717) is 11.3 Å². The molecule has 0 saturated heterocycles. The molecule has 0 spiro atoms. The summed E-state index contributed by atoms with van der Waals surface area (Å²) in [5, 5.41) is 2.75. The third-order valence-corrected chi connectivity index (χ3v) is 3.81. The smallest absolute Gasteiger partial charge is 0.274 e. The molecule has 0 aliphatic rings. The van der Waals surface area contributed by atoms with Crippen molar-refractivity contribution in [3.05, 3.63) is 83.4 Å². The highest BCUT2D eigenvalue weighted by Crippen LogP contribution is 2.16. The Bertz CT molecular complexity index is 883. The van der Waals surface area contributed by atoms with Gasteiger partial charge in [0.25, 0.3) is 5.91 Å². The Hall–Kier alpha value is -3.25. The number of aromatic nitrogens is 2. The summed E-state index contributed by atoms with van der Waals surface area (Å²) in [5.41, 5.74) is 8.10. The summed E-state index contributed by atoms with van der Waals surface area (Å²) in [6.45, 7) is 1.89. The Labute approximate surface area is 145 Å². The molecule has 0 radical (unpaired) electrons. The zero-order valence-electron chi connectivity index (χ0n) is 13.7. The first kappa shape index (κ1) is 16.6. The molecule has 6 heteroatoms. The molecular weight excluding hydrogens is 316 g/mol. The number of benzene rings is 2. The number of nitrogens with zero attached hydrogens (tertiary/aromatic N) is 1. The Morgan fingerprint density at radius 2 is 1.76 bits per heavy atom. The van der Waals surface area contributed by atoms with Crippen LogP contribution in [0.3, 0.4) is 0 Å². The van der Waals surface area contributed by atoms with E-state index in [2.05, 4.69) is 15.3 Å². The standard InChI is InChI=1S/C19H18N4O2/c1-12(20)13-7-9-15(10-8-13)23-19(25)17-16(21-11-22-17)18(24)14-5-3-2-4-6-14/h2-12H,20H2,1H3,(H,21,22)(H,23,25)/t12-/m1/s1. The van der Waals surface area contributed by atoms with Gasteiger partial charge in [0.2, 0.25) is 5.78 Å². The average Bonchev–Trinajstić information content (AvgIpc) is 3.12. The van der Waals surface area contributed by atoms with Crippen LogP contribution in [0.25, 0.3) is 0 Å². The highest BCUT2D eigenvalue weighted by atomic mass is 16.2. The van der Waals surface area contributed by atoms with Crippen LogP contribution in [0.4, 0.5) is 5.69 Å². The Kier molecular flexibility index (Phi) is 4.72. The highest BCUT2D eigenvalue weighted by molar-refractivity contribution is 6.15. The summed E-state index contributed by atoms with van der Waals surface area (Å²) in [6, 6.07) is 15.9. The van der Waals surface area contributed by atoms with Crippen molar-refractivity contribution in [1.29, 1.82) is 0 Å². The number of anilines is 1. The number of imidazole rings is 1. The minimum Gasteiger partial charge on any atom is -0.340 e. The van der Waals surface area contributed by atoms with E-state index in [0.717, 1.165) is 5.56 Å². The van der Waals surface area contributed by atoms with Gasteiger partial charge in [0.15, 0.2) is 0 Å². The lowest BCUT2D eigenvalue weighted by molar-refractivity contribution is 0.0991. The summed E-state index contributed by atoms with van der Waals surface area (Å²) in [5.74, 6) is -0.732. The van der Waals surface area contributed by atoms with Crippen molar-refractivity contribution in [2.45, 2.75) is 13.0 Å². The minimum absolute atomic E-state index is 0.0764. The van der Waals surface area contributed by atoms with Gasteiger partial charge in [-0.2, -0.15) is 0 Å². The van der Waals surface area contributed by atoms with E-state index in [-0.39, 0.29) is 23.2 Å². The highest BCUT2D eigenvalue weighted by Gasteiger charge is 2.21. The van der Waals surface area contributed by atoms with Gasteiger partial charge in [0.05, 0.1) is 6.33 Å². The van der Waals surface area contributed by atoms with E-state index in [4.69, 9.17) is 5.73 Å². The molecule has 0 bridgehead atoms. The van der Waals surface area contributed by atoms with Crippen LogP contribution in [-0.2, 0) is 0 Å². The lowest BCUT2D eigenvalue weighted by Crippen LogP contribution is -2.17. The number of nitrogens with two attached hydrogens (primary N) is 1. The molecule has 0 aliphatic heterocycles. The minimum atomic E-state index is -0.426. The molecule has 126 valence electrons. The second-order valence-corrected chi connectivity index (χ2v) is 5.69. The number of carbonyl (C=O) groups is 2. The number of nitrogens with one attached hydrogen (secondary N) is 2. The van der Waals surface area contributed by atoms with Gasteiger partial charge in [0, 0.05) is 17.3 Å². The number of hydrogen-bond acceptors (Lipinski definition) is 4. The van der Waals surface area contributed by atoms with Crippen molar-refractivity contribution in [2.24, 2.45) is 5.73 Å². The molecule has 0 fully saturated rings. The second-order valence-electron chi connectivity index (χ2n) is 5.69. The Balaban J connectivity index is 1.80. The van der Waals surface area contributed by atoms with Crippen molar-refractivity contribution in [2.75, 3.05) is 5.32 Å². The molecule has 0 aliphatic carbocycles. The van der Waals surface area contributed by atoms with Gasteiger partial charge in [0.1, 0.15) is 11.4 Å². The number of carbonyl (C=O) groups excluding carboxylic acids is 2. The summed E-state index contributed by atoms with van der Waals surface area (Å²) >= 11 is 0. The maximum absolute atomic E-state index is 12.5. The second kappa shape index (κ2) is 7.11. The lowest BCUT2D eigenvalue weighted by atomic mass is 10.1. The van der Waals surface area contributed by atoms with Crippen LogP contribution in [0, 0.1) is 0 Å². The van der Waals surface area contributed by atoms with Crippen molar-refractivity contribution < 1.29 is 9.59 Å². The van der Waals surface area contributed by atoms with Crippen molar-refractivity contribution in [1.82, 2.24) is 9.97 Å². The molecule has 6 nitrogen and oxygen atoms in total. The van der Waals surface area contributed by atoms with E-state index in [1.54, 1.807) is 36.4 Å². The van der Waals surface area contributed by atoms with Crippen LogP contribution >= 0.6 is 0 Å². The van der Waals surface area contributed by atoms with E-state index < -0.39 is 5.91 Å². The van der Waals surface area contributed by atoms with Gasteiger partial charge < -0.3 is 16.0 Å². The van der Waals surface area contributed by atoms with Gasteiger partial charge >= 0.3 is 0 Å². The molecule has 0 unspecified atom stereocenters. The zero-order valence-corrected chi connectivity index (χ0v) is 13.7. The fraction of sp³-hybridized carbons (Fsp3) is 0.105. The van der Waals surface area contributed by atoms with Crippen LogP contribution in [0.5, 0.6) is 0 Å². The van der Waals surface area contributed by atoms with Crippen LogP contribution in [-0.4, -0.2) is 21.7 Å². The monoisotopic (exact) mass is 334 g/mol. The van der Waals surface area contributed by atoms with E-state index in [9.17, 15) is 9.59 Å². The molecule has 1 atom stereocenters. The fourth-order valence-electron chi connectivity index (χ4n) is 2.43. The molecule has 3 aromatic rings. The van der Waals surface area contributed by atoms with Gasteiger partial charge in [-0.3, -0.25) is 9.59 Å². The maximum atomic E-state index is 12.5. The Morgan fingerprint density at radius 1 is 1.08 bits per heavy atom. The number of hydrogen-bond donors (Lipinski definition) is 3. The zero-order chi connectivity index (χ0) is 17.8. The number of aromatic amines is 1. The number of H-pyrrole nitrogens is 1. The topological polar surface area (TPSA) is 101 Å². The Morgan fingerprint density at radius 3 is 2.40 bits per heavy atom. The quantitative estimate of drug-likeness (QED) is 0.624. The fourth-order valence-corrected chi connectivity index (χ4v) is 2.43. The van der Waals surface area contributed by atoms with E-state index in [1.165, 1.54) is 6.33 Å². The largest absolute Gasteiger partial charge is 0.340 e. The summed E-state index contributed by atoms with van der Waals surface area (Å²) in [4.78, 5) is 31.8. The van der Waals surface area contributed by atoms with E-state index >= 15 is 0 Å². The van der Waals surface area contributed by atoms with Crippen LogP contribution in [0.2, 0.25) is 0 Å². The van der Waals surface area contributed by atoms with E-state index in [1.807, 2.05) is 25.1 Å². The number of rotatable bonds is 5. The third-order valence-electron chi connectivity index (χ3n) is 3.81. The summed E-state index contributed by atoms with van der Waals surface area (Å²) < 4.78 is 0. The molecule has 1 amide bonds. The molecule has 1 heterocycles. The molecule has 3 rings (SSSR count). The third kappa shape index (κ3) is 3.64. The number of amides is 1. The predicted octanol–water partition coefficient (Wildman–Crippen LogP) is 2.91. The first-order valence-corrected chi connectivity index (χ1v) is 7.86. The molecular formula is C19H18N4O2. The van der Waals surface area contributed by atoms with Crippen LogP contribution in [0.15, 0.2) is 60.9 Å². The van der Waals surface area contributed by atoms with Gasteiger partial charge in [-0.25, -0.2) is 4.98 Å². The van der Waals surface area contributed by atoms with Gasteiger partial charge in [-0.05, 0) is 24.6 Å². The first-order valence-electron chi connectivity index (χ1n) is 7.86. The first-order chi connectivity index (χ1) is 12.1. The molecule has 4 N–H and O–H groups in total. The lowest BCUT2D eigenvalue weighted by Gasteiger charge is -2.08. The van der Waals surface area contributed by atoms with Crippen molar-refractivity contribution in [3.8, 4) is 0 Å². The van der Waals surface area contributed by atoms with Crippen molar-refractivity contribution >= 4 is 17.4 Å². The maximum Gasteiger partial charge on any atom is 0.274 e. The van der Waals surface area contributed by atoms with Crippen molar-refractivity contribution in [3.63, 3.8) is 0 Å². The summed E-state index contributed by atoms with van der Waals surface area (Å²) in [6.07, 6.45) is 1.34. The van der Waals surface area contributed by atoms with Gasteiger partial charge in [-0.15, -0.1) is 0 Å². The normalized spacial score (nSPS) is 11.8. The average molecular weight is 334 g/mol. The number of ketones is 1.